The SMILES string of the molecule is CCOC(=O)c1cc2c(ccn2C)n1CC(=O)OC. The summed E-state index contributed by atoms with van der Waals surface area (Å²) in [5.41, 5.74) is 2.02. The molecule has 6 nitrogen and oxygen atoms in total. The van der Waals surface area contributed by atoms with Gasteiger partial charge in [0.05, 0.1) is 24.8 Å². The van der Waals surface area contributed by atoms with Crippen LogP contribution in [0.5, 0.6) is 0 Å². The number of rotatable bonds is 4. The fourth-order valence-corrected chi connectivity index (χ4v) is 2.01. The van der Waals surface area contributed by atoms with E-state index in [9.17, 15) is 9.59 Å². The number of fused-ring (bicyclic) bond motifs is 1. The van der Waals surface area contributed by atoms with Crippen LogP contribution >= 0.6 is 0 Å². The van der Waals surface area contributed by atoms with E-state index in [2.05, 4.69) is 4.74 Å². The predicted octanol–water partition coefficient (Wildman–Crippen LogP) is 1.33. The van der Waals surface area contributed by atoms with E-state index in [0.29, 0.717) is 12.3 Å². The lowest BCUT2D eigenvalue weighted by molar-refractivity contribution is -0.141. The summed E-state index contributed by atoms with van der Waals surface area (Å²) < 4.78 is 13.1. The number of methoxy groups -OCH3 is 1. The summed E-state index contributed by atoms with van der Waals surface area (Å²) in [6.07, 6.45) is 1.87. The first-order valence-electron chi connectivity index (χ1n) is 5.97. The van der Waals surface area contributed by atoms with Gasteiger partial charge in [0.15, 0.2) is 0 Å². The van der Waals surface area contributed by atoms with Gasteiger partial charge in [-0.05, 0) is 19.1 Å². The van der Waals surface area contributed by atoms with Crippen LogP contribution in [0, 0.1) is 0 Å². The molecule has 0 spiro atoms. The van der Waals surface area contributed by atoms with E-state index in [-0.39, 0.29) is 6.54 Å². The maximum Gasteiger partial charge on any atom is 0.355 e. The summed E-state index contributed by atoms with van der Waals surface area (Å²) in [6.45, 7) is 2.02. The average molecular weight is 264 g/mol. The molecular weight excluding hydrogens is 248 g/mol. The first kappa shape index (κ1) is 13.2. The Labute approximate surface area is 110 Å². The minimum atomic E-state index is -0.442. The molecule has 2 aromatic heterocycles. The zero-order chi connectivity index (χ0) is 14.0. The molecule has 0 saturated heterocycles. The summed E-state index contributed by atoms with van der Waals surface area (Å²) >= 11 is 0. The molecule has 0 fully saturated rings. The number of carbonyl (C=O) groups is 2. The van der Waals surface area contributed by atoms with E-state index in [1.807, 2.05) is 23.9 Å². The number of aryl methyl sites for hydroxylation is 1. The molecule has 0 aliphatic rings. The summed E-state index contributed by atoms with van der Waals surface area (Å²) in [6, 6.07) is 3.57. The number of aromatic nitrogens is 2. The highest BCUT2D eigenvalue weighted by Gasteiger charge is 2.20. The third-order valence-electron chi connectivity index (χ3n) is 2.95. The third-order valence-corrected chi connectivity index (χ3v) is 2.95. The summed E-state index contributed by atoms with van der Waals surface area (Å²) in [4.78, 5) is 23.4. The lowest BCUT2D eigenvalue weighted by atomic mass is 10.4. The van der Waals surface area contributed by atoms with E-state index >= 15 is 0 Å². The van der Waals surface area contributed by atoms with Crippen LogP contribution in [-0.2, 0) is 27.9 Å². The van der Waals surface area contributed by atoms with Crippen LogP contribution in [-0.4, -0.2) is 34.8 Å². The van der Waals surface area contributed by atoms with Crippen molar-refractivity contribution in [1.82, 2.24) is 9.13 Å². The van der Waals surface area contributed by atoms with Crippen LogP contribution in [0.15, 0.2) is 18.3 Å². The average Bonchev–Trinajstić information content (AvgIpc) is 2.91. The molecule has 19 heavy (non-hydrogen) atoms. The van der Waals surface area contributed by atoms with Crippen molar-refractivity contribution in [3.05, 3.63) is 24.0 Å². The predicted molar refractivity (Wildman–Crippen MR) is 68.9 cm³/mol. The van der Waals surface area contributed by atoms with Crippen molar-refractivity contribution >= 4 is 23.0 Å². The van der Waals surface area contributed by atoms with Gasteiger partial charge in [0.1, 0.15) is 12.2 Å². The molecule has 0 atom stereocenters. The fourth-order valence-electron chi connectivity index (χ4n) is 2.01. The van der Waals surface area contributed by atoms with Crippen molar-refractivity contribution in [3.63, 3.8) is 0 Å². The highest BCUT2D eigenvalue weighted by molar-refractivity contribution is 5.95. The van der Waals surface area contributed by atoms with Crippen LogP contribution in [0.2, 0.25) is 0 Å². The van der Waals surface area contributed by atoms with Crippen molar-refractivity contribution in [2.24, 2.45) is 7.05 Å². The van der Waals surface area contributed by atoms with Gasteiger partial charge in [-0.25, -0.2) is 4.79 Å². The van der Waals surface area contributed by atoms with Gasteiger partial charge in [0.2, 0.25) is 0 Å². The van der Waals surface area contributed by atoms with Crippen molar-refractivity contribution in [2.75, 3.05) is 13.7 Å². The zero-order valence-electron chi connectivity index (χ0n) is 11.2. The minimum absolute atomic E-state index is 0.0157. The van der Waals surface area contributed by atoms with Gasteiger partial charge in [0.25, 0.3) is 0 Å². The molecule has 0 radical (unpaired) electrons. The summed E-state index contributed by atoms with van der Waals surface area (Å²) in [7, 11) is 3.19. The lowest BCUT2D eigenvalue weighted by Gasteiger charge is -2.07. The number of nitrogens with zero attached hydrogens (tertiary/aromatic N) is 2. The maximum atomic E-state index is 11.9. The highest BCUT2D eigenvalue weighted by atomic mass is 16.5. The van der Waals surface area contributed by atoms with Crippen molar-refractivity contribution in [3.8, 4) is 0 Å². The zero-order valence-corrected chi connectivity index (χ0v) is 11.2. The molecule has 2 heterocycles. The summed E-state index contributed by atoms with van der Waals surface area (Å²) in [5, 5.41) is 0. The van der Waals surface area contributed by atoms with Crippen LogP contribution in [0.3, 0.4) is 0 Å². The first-order chi connectivity index (χ1) is 9.08. The molecule has 0 saturated carbocycles. The number of hydrogen-bond donors (Lipinski definition) is 0. The van der Waals surface area contributed by atoms with Crippen molar-refractivity contribution < 1.29 is 19.1 Å². The number of hydrogen-bond acceptors (Lipinski definition) is 4. The number of carbonyl (C=O) groups excluding carboxylic acids is 2. The molecule has 0 aromatic carbocycles. The van der Waals surface area contributed by atoms with Gasteiger partial charge in [-0.1, -0.05) is 0 Å². The lowest BCUT2D eigenvalue weighted by Crippen LogP contribution is -2.17. The van der Waals surface area contributed by atoms with E-state index in [1.54, 1.807) is 17.6 Å². The van der Waals surface area contributed by atoms with Gasteiger partial charge < -0.3 is 18.6 Å². The van der Waals surface area contributed by atoms with Gasteiger partial charge in [-0.3, -0.25) is 4.79 Å². The Morgan fingerprint density at radius 3 is 2.68 bits per heavy atom. The first-order valence-corrected chi connectivity index (χ1v) is 5.97. The molecular formula is C13H16N2O4. The minimum Gasteiger partial charge on any atom is -0.468 e. The summed E-state index contributed by atoms with van der Waals surface area (Å²) in [5.74, 6) is -0.852. The molecule has 102 valence electrons. The largest absolute Gasteiger partial charge is 0.468 e. The Bertz CT molecular complexity index is 624. The van der Waals surface area contributed by atoms with Gasteiger partial charge in [0, 0.05) is 13.2 Å². The second-order valence-corrected chi connectivity index (χ2v) is 4.11. The number of esters is 2. The molecule has 0 amide bonds. The fraction of sp³-hybridized carbons (Fsp3) is 0.385. The van der Waals surface area contributed by atoms with Crippen LogP contribution in [0.4, 0.5) is 0 Å². The molecule has 2 rings (SSSR count). The van der Waals surface area contributed by atoms with Crippen molar-refractivity contribution in [2.45, 2.75) is 13.5 Å². The third kappa shape index (κ3) is 2.33. The molecule has 0 aliphatic carbocycles. The molecule has 0 unspecified atom stereocenters. The van der Waals surface area contributed by atoms with Gasteiger partial charge in [-0.15, -0.1) is 0 Å². The van der Waals surface area contributed by atoms with Gasteiger partial charge in [-0.2, -0.15) is 0 Å². The number of ether oxygens (including phenoxy) is 2. The Kier molecular flexibility index (Phi) is 3.59. The quantitative estimate of drug-likeness (QED) is 0.781. The molecule has 2 aromatic rings. The van der Waals surface area contributed by atoms with Crippen LogP contribution < -0.4 is 0 Å². The highest BCUT2D eigenvalue weighted by Crippen LogP contribution is 2.21. The monoisotopic (exact) mass is 264 g/mol. The smallest absolute Gasteiger partial charge is 0.355 e. The second kappa shape index (κ2) is 5.17. The van der Waals surface area contributed by atoms with E-state index in [0.717, 1.165) is 11.0 Å². The van der Waals surface area contributed by atoms with Crippen LogP contribution in [0.1, 0.15) is 17.4 Å². The van der Waals surface area contributed by atoms with Crippen molar-refractivity contribution in [1.29, 1.82) is 0 Å². The van der Waals surface area contributed by atoms with E-state index in [1.165, 1.54) is 7.11 Å². The molecule has 6 heteroatoms. The Morgan fingerprint density at radius 1 is 1.32 bits per heavy atom. The Hall–Kier alpha value is -2.24. The maximum absolute atomic E-state index is 11.9. The van der Waals surface area contributed by atoms with E-state index in [4.69, 9.17) is 4.74 Å². The van der Waals surface area contributed by atoms with Crippen LogP contribution in [0.25, 0.3) is 11.0 Å². The van der Waals surface area contributed by atoms with Gasteiger partial charge >= 0.3 is 11.9 Å². The molecule has 0 aliphatic heterocycles. The Morgan fingerprint density at radius 2 is 2.05 bits per heavy atom. The molecule has 0 N–H and O–H groups in total. The topological polar surface area (TPSA) is 62.5 Å². The Balaban J connectivity index is 2.51. The second-order valence-electron chi connectivity index (χ2n) is 4.11. The standard InChI is InChI=1S/C13H16N2O4/c1-4-19-13(17)11-7-10-9(5-6-14(10)2)15(11)8-12(16)18-3/h5-7H,4,8H2,1-3H3. The van der Waals surface area contributed by atoms with E-state index < -0.39 is 11.9 Å². The normalized spacial score (nSPS) is 10.7. The molecule has 0 bridgehead atoms.